The van der Waals surface area contributed by atoms with Crippen LogP contribution in [0.5, 0.6) is 0 Å². The normalized spacial score (nSPS) is 10.8. The van der Waals surface area contributed by atoms with Gasteiger partial charge in [0.2, 0.25) is 5.91 Å². The molecule has 3 aromatic rings. The van der Waals surface area contributed by atoms with Crippen molar-refractivity contribution in [1.82, 2.24) is 30.8 Å². The van der Waals surface area contributed by atoms with Gasteiger partial charge in [0.1, 0.15) is 5.69 Å². The molecule has 0 saturated carbocycles. The Labute approximate surface area is 219 Å². The number of rotatable bonds is 10. The lowest BCUT2D eigenvalue weighted by Crippen LogP contribution is -2.53. The van der Waals surface area contributed by atoms with E-state index in [2.05, 4.69) is 36.7 Å². The van der Waals surface area contributed by atoms with Gasteiger partial charge in [-0.25, -0.2) is 15.0 Å². The van der Waals surface area contributed by atoms with Crippen molar-refractivity contribution in [2.75, 3.05) is 13.1 Å². The molecule has 10 heteroatoms. The van der Waals surface area contributed by atoms with Gasteiger partial charge in [-0.2, -0.15) is 0 Å². The predicted molar refractivity (Wildman–Crippen MR) is 139 cm³/mol. The first-order chi connectivity index (χ1) is 17.3. The van der Waals surface area contributed by atoms with Gasteiger partial charge in [0.15, 0.2) is 0 Å². The number of nitrogens with one attached hydrogen (secondary N) is 2. The number of aromatic nitrogens is 2. The first kappa shape index (κ1) is 27.0. The molecule has 0 bridgehead atoms. The van der Waals surface area contributed by atoms with Gasteiger partial charge in [0.05, 0.1) is 25.7 Å². The van der Waals surface area contributed by atoms with Gasteiger partial charge in [-0.3, -0.25) is 30.2 Å². The molecule has 2 N–H and O–H groups in total. The summed E-state index contributed by atoms with van der Waals surface area (Å²) in [6.45, 7) is 4.44. The molecule has 0 spiro atoms. The van der Waals surface area contributed by atoms with Crippen molar-refractivity contribution in [3.8, 4) is 0 Å². The summed E-state index contributed by atoms with van der Waals surface area (Å²) in [6, 6.07) is 16.8. The van der Waals surface area contributed by atoms with Gasteiger partial charge in [-0.1, -0.05) is 72.2 Å². The van der Waals surface area contributed by atoms with Crippen LogP contribution in [0.15, 0.2) is 77.7 Å². The SMILES string of the molecule is CC(C)CN(CC(=O)NN(Cc1ccccc1)C(=O)c1cnccn1)NC(=O)Cc1cccc(Br)c1. The Bertz CT molecular complexity index is 1160. The highest BCUT2D eigenvalue weighted by molar-refractivity contribution is 9.10. The third-order valence-corrected chi connectivity index (χ3v) is 5.42. The van der Waals surface area contributed by atoms with Crippen LogP contribution in [0.2, 0.25) is 0 Å². The summed E-state index contributed by atoms with van der Waals surface area (Å²) in [5, 5.41) is 2.77. The molecule has 2 aromatic carbocycles. The van der Waals surface area contributed by atoms with E-state index in [1.165, 1.54) is 23.6 Å². The van der Waals surface area contributed by atoms with E-state index in [0.717, 1.165) is 15.6 Å². The van der Waals surface area contributed by atoms with Crippen LogP contribution in [0.1, 0.15) is 35.5 Å². The van der Waals surface area contributed by atoms with Crippen LogP contribution in [0.25, 0.3) is 0 Å². The number of carbonyl (C=O) groups excluding carboxylic acids is 3. The number of benzene rings is 2. The van der Waals surface area contributed by atoms with Crippen LogP contribution in [0.4, 0.5) is 0 Å². The van der Waals surface area contributed by atoms with Crippen molar-refractivity contribution in [2.45, 2.75) is 26.8 Å². The molecule has 0 aliphatic rings. The summed E-state index contributed by atoms with van der Waals surface area (Å²) in [4.78, 5) is 46.8. The Morgan fingerprint density at radius 2 is 1.69 bits per heavy atom. The van der Waals surface area contributed by atoms with Crippen molar-refractivity contribution >= 4 is 33.7 Å². The molecule has 9 nitrogen and oxygen atoms in total. The molecular formula is C26H29BrN6O3. The standard InChI is InChI=1S/C26H29BrN6O3/c1-19(2)16-32(30-24(34)14-21-9-6-10-22(27)13-21)18-25(35)31-33(17-20-7-4-3-5-8-20)26(36)23-15-28-11-12-29-23/h3-13,15,19H,14,16-18H2,1-2H3,(H,30,34)(H,31,35). The molecule has 0 unspecified atom stereocenters. The van der Waals surface area contributed by atoms with Crippen molar-refractivity contribution in [3.63, 3.8) is 0 Å². The number of hydrazine groups is 2. The van der Waals surface area contributed by atoms with E-state index in [1.54, 1.807) is 5.01 Å². The highest BCUT2D eigenvalue weighted by Gasteiger charge is 2.22. The first-order valence-electron chi connectivity index (χ1n) is 11.5. The average Bonchev–Trinajstić information content (AvgIpc) is 2.84. The fourth-order valence-electron chi connectivity index (χ4n) is 3.47. The zero-order valence-electron chi connectivity index (χ0n) is 20.2. The molecule has 1 aromatic heterocycles. The summed E-state index contributed by atoms with van der Waals surface area (Å²) in [5.74, 6) is -0.995. The molecule has 0 radical (unpaired) electrons. The van der Waals surface area contributed by atoms with Gasteiger partial charge in [-0.05, 0) is 29.2 Å². The number of hydrogen-bond acceptors (Lipinski definition) is 6. The van der Waals surface area contributed by atoms with E-state index in [9.17, 15) is 14.4 Å². The second-order valence-corrected chi connectivity index (χ2v) is 9.53. The summed E-state index contributed by atoms with van der Waals surface area (Å²) >= 11 is 3.41. The quantitative estimate of drug-likeness (QED) is 0.374. The van der Waals surface area contributed by atoms with Crippen molar-refractivity contribution in [2.24, 2.45) is 5.92 Å². The van der Waals surface area contributed by atoms with Crippen LogP contribution in [0.3, 0.4) is 0 Å². The van der Waals surface area contributed by atoms with E-state index in [4.69, 9.17) is 0 Å². The zero-order valence-corrected chi connectivity index (χ0v) is 21.8. The summed E-state index contributed by atoms with van der Waals surface area (Å²) < 4.78 is 0.887. The van der Waals surface area contributed by atoms with Gasteiger partial charge in [0.25, 0.3) is 11.8 Å². The van der Waals surface area contributed by atoms with Crippen LogP contribution in [-0.4, -0.2) is 50.8 Å². The van der Waals surface area contributed by atoms with Crippen molar-refractivity contribution < 1.29 is 14.4 Å². The van der Waals surface area contributed by atoms with E-state index >= 15 is 0 Å². The molecular weight excluding hydrogens is 524 g/mol. The van der Waals surface area contributed by atoms with Gasteiger partial charge in [0, 0.05) is 23.4 Å². The second-order valence-electron chi connectivity index (χ2n) is 8.62. The minimum Gasteiger partial charge on any atom is -0.288 e. The summed E-state index contributed by atoms with van der Waals surface area (Å²) in [7, 11) is 0. The van der Waals surface area contributed by atoms with E-state index in [0.29, 0.717) is 6.54 Å². The number of carbonyl (C=O) groups is 3. The van der Waals surface area contributed by atoms with Crippen LogP contribution < -0.4 is 10.9 Å². The van der Waals surface area contributed by atoms with Gasteiger partial charge in [-0.15, -0.1) is 0 Å². The molecule has 0 aliphatic carbocycles. The highest BCUT2D eigenvalue weighted by Crippen LogP contribution is 2.12. The largest absolute Gasteiger partial charge is 0.292 e. The molecule has 36 heavy (non-hydrogen) atoms. The van der Waals surface area contributed by atoms with Crippen LogP contribution in [0, 0.1) is 5.92 Å². The Hall–Kier alpha value is -3.63. The Balaban J connectivity index is 1.68. The molecule has 0 atom stereocenters. The maximum absolute atomic E-state index is 13.1. The molecule has 0 saturated heterocycles. The molecule has 1 heterocycles. The predicted octanol–water partition coefficient (Wildman–Crippen LogP) is 3.14. The Morgan fingerprint density at radius 3 is 2.36 bits per heavy atom. The third kappa shape index (κ3) is 8.86. The first-order valence-corrected chi connectivity index (χ1v) is 12.3. The molecule has 3 rings (SSSR count). The monoisotopic (exact) mass is 552 g/mol. The number of halogens is 1. The van der Waals surface area contributed by atoms with E-state index < -0.39 is 11.8 Å². The van der Waals surface area contributed by atoms with Gasteiger partial charge < -0.3 is 0 Å². The topological polar surface area (TPSA) is 108 Å². The molecule has 3 amide bonds. The Kier molecular flexibility index (Phi) is 10.1. The second kappa shape index (κ2) is 13.5. The molecule has 188 valence electrons. The number of amides is 3. The molecule has 0 fully saturated rings. The highest BCUT2D eigenvalue weighted by atomic mass is 79.9. The summed E-state index contributed by atoms with van der Waals surface area (Å²) in [6.07, 6.45) is 4.40. The third-order valence-electron chi connectivity index (χ3n) is 4.93. The number of hydrogen-bond donors (Lipinski definition) is 2. The van der Waals surface area contributed by atoms with Crippen LogP contribution >= 0.6 is 15.9 Å². The fraction of sp³-hybridized carbons (Fsp3) is 0.269. The van der Waals surface area contributed by atoms with Gasteiger partial charge >= 0.3 is 0 Å². The maximum atomic E-state index is 13.1. The Morgan fingerprint density at radius 1 is 0.944 bits per heavy atom. The minimum absolute atomic E-state index is 0.107. The van der Waals surface area contributed by atoms with E-state index in [1.807, 2.05) is 68.4 Å². The molecule has 0 aliphatic heterocycles. The lowest BCUT2D eigenvalue weighted by Gasteiger charge is -2.27. The zero-order chi connectivity index (χ0) is 25.9. The van der Waals surface area contributed by atoms with E-state index in [-0.39, 0.29) is 37.0 Å². The van der Waals surface area contributed by atoms with Crippen molar-refractivity contribution in [3.05, 3.63) is 94.5 Å². The number of nitrogens with zero attached hydrogens (tertiary/aromatic N) is 4. The lowest BCUT2D eigenvalue weighted by molar-refractivity contribution is -0.131. The maximum Gasteiger partial charge on any atom is 0.292 e. The lowest BCUT2D eigenvalue weighted by atomic mass is 10.1. The van der Waals surface area contributed by atoms with Crippen molar-refractivity contribution in [1.29, 1.82) is 0 Å². The fourth-order valence-corrected chi connectivity index (χ4v) is 3.92. The smallest absolute Gasteiger partial charge is 0.288 e. The average molecular weight is 553 g/mol. The summed E-state index contributed by atoms with van der Waals surface area (Å²) in [5.41, 5.74) is 7.28. The van der Waals surface area contributed by atoms with Crippen LogP contribution in [-0.2, 0) is 22.6 Å². The minimum atomic E-state index is -0.491.